The first-order valence-electron chi connectivity index (χ1n) is 8.18. The molecule has 1 heterocycles. The molecule has 1 atom stereocenters. The number of halogens is 3. The van der Waals surface area contributed by atoms with Gasteiger partial charge in [0.25, 0.3) is 5.91 Å². The molecule has 1 fully saturated rings. The number of benzene rings is 2. The van der Waals surface area contributed by atoms with Crippen LogP contribution >= 0.6 is 0 Å². The zero-order valence-corrected chi connectivity index (χ0v) is 13.8. The van der Waals surface area contributed by atoms with Crippen molar-refractivity contribution in [2.24, 2.45) is 0 Å². The van der Waals surface area contributed by atoms with Gasteiger partial charge in [-0.3, -0.25) is 9.59 Å². The van der Waals surface area contributed by atoms with Crippen LogP contribution in [0.5, 0.6) is 0 Å². The quantitative estimate of drug-likeness (QED) is 0.832. The maximum Gasteiger partial charge on any atom is 0.418 e. The first-order valence-corrected chi connectivity index (χ1v) is 8.18. The summed E-state index contributed by atoms with van der Waals surface area (Å²) in [6, 6.07) is 13.4. The smallest absolute Gasteiger partial charge is 0.305 e. The second-order valence-electron chi connectivity index (χ2n) is 6.03. The Hall–Kier alpha value is -2.67. The minimum absolute atomic E-state index is 0.153. The van der Waals surface area contributed by atoms with Crippen molar-refractivity contribution in [2.45, 2.75) is 25.1 Å². The molecule has 0 bridgehead atoms. The van der Waals surface area contributed by atoms with Crippen LogP contribution in [0.1, 0.15) is 17.5 Å². The third-order valence-corrected chi connectivity index (χ3v) is 4.24. The molecule has 0 aliphatic carbocycles. The van der Waals surface area contributed by atoms with Crippen molar-refractivity contribution in [2.75, 3.05) is 11.4 Å². The highest BCUT2D eigenvalue weighted by molar-refractivity contribution is 6.22. The van der Waals surface area contributed by atoms with Crippen LogP contribution in [0, 0.1) is 0 Å². The van der Waals surface area contributed by atoms with Gasteiger partial charge in [-0.05, 0) is 30.7 Å². The number of imide groups is 1. The number of rotatable bonds is 5. The Morgan fingerprint density at radius 3 is 2.35 bits per heavy atom. The number of hydrogen-bond donors (Lipinski definition) is 1. The van der Waals surface area contributed by atoms with E-state index < -0.39 is 35.3 Å². The first kappa shape index (κ1) is 18.1. The molecule has 0 spiro atoms. The molecular formula is C19H17F3N2O2. The largest absolute Gasteiger partial charge is 0.418 e. The van der Waals surface area contributed by atoms with Gasteiger partial charge in [0.15, 0.2) is 0 Å². The van der Waals surface area contributed by atoms with E-state index in [1.54, 1.807) is 0 Å². The molecule has 1 N–H and O–H groups in total. The molecular weight excluding hydrogens is 345 g/mol. The van der Waals surface area contributed by atoms with E-state index in [1.807, 2.05) is 30.3 Å². The second kappa shape index (κ2) is 7.29. The van der Waals surface area contributed by atoms with Gasteiger partial charge in [0.1, 0.15) is 0 Å². The summed E-state index contributed by atoms with van der Waals surface area (Å²) in [6.07, 6.45) is -4.15. The van der Waals surface area contributed by atoms with Crippen LogP contribution < -0.4 is 10.2 Å². The molecule has 2 aromatic carbocycles. The van der Waals surface area contributed by atoms with Crippen LogP contribution in [0.2, 0.25) is 0 Å². The predicted molar refractivity (Wildman–Crippen MR) is 90.5 cm³/mol. The normalized spacial score (nSPS) is 17.8. The molecule has 0 radical (unpaired) electrons. The molecule has 26 heavy (non-hydrogen) atoms. The fourth-order valence-electron chi connectivity index (χ4n) is 2.99. The van der Waals surface area contributed by atoms with Gasteiger partial charge >= 0.3 is 6.18 Å². The molecule has 2 amide bonds. The molecule has 0 saturated carbocycles. The summed E-state index contributed by atoms with van der Waals surface area (Å²) in [5, 5.41) is 2.97. The van der Waals surface area contributed by atoms with Crippen LogP contribution in [0.25, 0.3) is 0 Å². The van der Waals surface area contributed by atoms with Crippen LogP contribution in [-0.4, -0.2) is 24.4 Å². The van der Waals surface area contributed by atoms with Crippen molar-refractivity contribution in [3.8, 4) is 0 Å². The standard InChI is InChI=1S/C19H17F3N2O2/c20-19(21,22)14-8-4-5-9-16(14)24-17(25)12-15(18(24)26)23-11-10-13-6-2-1-3-7-13/h1-9,15,23H,10-12H2/t15-/m1/s1. The summed E-state index contributed by atoms with van der Waals surface area (Å²) < 4.78 is 39.5. The number of amides is 2. The Kier molecular flexibility index (Phi) is 5.08. The average Bonchev–Trinajstić information content (AvgIpc) is 2.89. The summed E-state index contributed by atoms with van der Waals surface area (Å²) >= 11 is 0. The molecule has 4 nitrogen and oxygen atoms in total. The van der Waals surface area contributed by atoms with Crippen molar-refractivity contribution in [1.82, 2.24) is 5.32 Å². The van der Waals surface area contributed by atoms with E-state index in [2.05, 4.69) is 5.32 Å². The molecule has 1 aliphatic heterocycles. The van der Waals surface area contributed by atoms with Crippen molar-refractivity contribution in [3.05, 3.63) is 65.7 Å². The maximum atomic E-state index is 13.2. The Morgan fingerprint density at radius 2 is 1.65 bits per heavy atom. The number of carbonyl (C=O) groups is 2. The van der Waals surface area contributed by atoms with Crippen molar-refractivity contribution < 1.29 is 22.8 Å². The van der Waals surface area contributed by atoms with Gasteiger partial charge in [0, 0.05) is 0 Å². The number of carbonyl (C=O) groups excluding carboxylic acids is 2. The lowest BCUT2D eigenvalue weighted by molar-refractivity contribution is -0.137. The van der Waals surface area contributed by atoms with Gasteiger partial charge in [-0.25, -0.2) is 4.90 Å². The van der Waals surface area contributed by atoms with Crippen LogP contribution in [0.4, 0.5) is 18.9 Å². The number of hydrogen-bond acceptors (Lipinski definition) is 3. The van der Waals surface area contributed by atoms with Crippen LogP contribution in [-0.2, 0) is 22.2 Å². The van der Waals surface area contributed by atoms with E-state index >= 15 is 0 Å². The van der Waals surface area contributed by atoms with Gasteiger partial charge in [-0.15, -0.1) is 0 Å². The van der Waals surface area contributed by atoms with E-state index in [-0.39, 0.29) is 6.42 Å². The van der Waals surface area contributed by atoms with Crippen LogP contribution in [0.3, 0.4) is 0 Å². The third kappa shape index (κ3) is 3.77. The highest BCUT2D eigenvalue weighted by atomic mass is 19.4. The first-order chi connectivity index (χ1) is 12.4. The Bertz CT molecular complexity index is 806. The van der Waals surface area contributed by atoms with Gasteiger partial charge in [-0.2, -0.15) is 13.2 Å². The van der Waals surface area contributed by atoms with E-state index in [0.29, 0.717) is 17.9 Å². The molecule has 1 saturated heterocycles. The van der Waals surface area contributed by atoms with Crippen molar-refractivity contribution >= 4 is 17.5 Å². The number of para-hydroxylation sites is 1. The van der Waals surface area contributed by atoms with Crippen molar-refractivity contribution in [3.63, 3.8) is 0 Å². The Labute approximate surface area is 148 Å². The number of alkyl halides is 3. The zero-order chi connectivity index (χ0) is 18.7. The van der Waals surface area contributed by atoms with Gasteiger partial charge < -0.3 is 5.32 Å². The lowest BCUT2D eigenvalue weighted by Gasteiger charge is -2.20. The van der Waals surface area contributed by atoms with Crippen LogP contribution in [0.15, 0.2) is 54.6 Å². The molecule has 0 aromatic heterocycles. The number of anilines is 1. The minimum Gasteiger partial charge on any atom is -0.305 e. The van der Waals surface area contributed by atoms with Gasteiger partial charge in [-0.1, -0.05) is 42.5 Å². The molecule has 3 rings (SSSR count). The molecule has 7 heteroatoms. The number of nitrogens with zero attached hydrogens (tertiary/aromatic N) is 1. The fraction of sp³-hybridized carbons (Fsp3) is 0.263. The monoisotopic (exact) mass is 362 g/mol. The lowest BCUT2D eigenvalue weighted by Crippen LogP contribution is -2.40. The lowest BCUT2D eigenvalue weighted by atomic mass is 10.1. The SMILES string of the molecule is O=C1C[C@@H](NCCc2ccccc2)C(=O)N1c1ccccc1C(F)(F)F. The second-order valence-corrected chi connectivity index (χ2v) is 6.03. The van der Waals surface area contributed by atoms with E-state index in [4.69, 9.17) is 0 Å². The average molecular weight is 362 g/mol. The molecule has 0 unspecified atom stereocenters. The fourth-order valence-corrected chi connectivity index (χ4v) is 2.99. The highest BCUT2D eigenvalue weighted by Gasteiger charge is 2.43. The Morgan fingerprint density at radius 1 is 1.00 bits per heavy atom. The van der Waals surface area contributed by atoms with E-state index in [9.17, 15) is 22.8 Å². The topological polar surface area (TPSA) is 49.4 Å². The maximum absolute atomic E-state index is 13.2. The minimum atomic E-state index is -4.64. The van der Waals surface area contributed by atoms with Gasteiger partial charge in [0.2, 0.25) is 5.91 Å². The summed E-state index contributed by atoms with van der Waals surface area (Å²) in [6.45, 7) is 0.447. The molecule has 1 aliphatic rings. The highest BCUT2D eigenvalue weighted by Crippen LogP contribution is 2.38. The summed E-state index contributed by atoms with van der Waals surface area (Å²) in [7, 11) is 0. The summed E-state index contributed by atoms with van der Waals surface area (Å²) in [5.74, 6) is -1.29. The van der Waals surface area contributed by atoms with E-state index in [1.165, 1.54) is 12.1 Å². The molecule has 136 valence electrons. The third-order valence-electron chi connectivity index (χ3n) is 4.24. The van der Waals surface area contributed by atoms with Crippen molar-refractivity contribution in [1.29, 1.82) is 0 Å². The van der Waals surface area contributed by atoms with Gasteiger partial charge in [0.05, 0.1) is 23.7 Å². The molecule has 2 aromatic rings. The van der Waals surface area contributed by atoms with E-state index in [0.717, 1.165) is 17.7 Å². The summed E-state index contributed by atoms with van der Waals surface area (Å²) in [4.78, 5) is 25.4. The summed E-state index contributed by atoms with van der Waals surface area (Å²) in [5.41, 5.74) is -0.343. The number of nitrogens with one attached hydrogen (secondary N) is 1. The predicted octanol–water partition coefficient (Wildman–Crippen LogP) is 3.17. The zero-order valence-electron chi connectivity index (χ0n) is 13.8. The Balaban J connectivity index is 1.72.